The highest BCUT2D eigenvalue weighted by Gasteiger charge is 2.20. The Balaban J connectivity index is 1.80. The number of rotatable bonds is 4. The lowest BCUT2D eigenvalue weighted by molar-refractivity contribution is 0.171. The molecule has 0 amide bonds. The zero-order chi connectivity index (χ0) is 16.4. The maximum Gasteiger partial charge on any atom is 0.241 e. The Hall–Kier alpha value is -1.76. The molecule has 5 nitrogen and oxygen atoms in total. The molecular weight excluding hydrogens is 338 g/mol. The molecule has 1 heterocycles. The van der Waals surface area contributed by atoms with Gasteiger partial charge in [0.1, 0.15) is 13.2 Å². The molecule has 0 fully saturated rings. The van der Waals surface area contributed by atoms with Crippen molar-refractivity contribution in [2.45, 2.75) is 17.9 Å². The molecule has 1 N–H and O–H groups in total. The van der Waals surface area contributed by atoms with Gasteiger partial charge in [0.15, 0.2) is 11.5 Å². The van der Waals surface area contributed by atoms with E-state index in [4.69, 9.17) is 21.1 Å². The minimum atomic E-state index is -3.63. The van der Waals surface area contributed by atoms with E-state index in [2.05, 4.69) is 4.72 Å². The second kappa shape index (κ2) is 6.39. The van der Waals surface area contributed by atoms with E-state index in [1.807, 2.05) is 6.07 Å². The number of ether oxygens (including phenoxy) is 2. The quantitative estimate of drug-likeness (QED) is 0.917. The fourth-order valence-corrected chi connectivity index (χ4v) is 3.67. The maximum atomic E-state index is 12.4. The Bertz CT molecular complexity index is 805. The van der Waals surface area contributed by atoms with Crippen LogP contribution in [0.4, 0.5) is 0 Å². The molecule has 122 valence electrons. The zero-order valence-corrected chi connectivity index (χ0v) is 14.0. The standard InChI is InChI=1S/C16H16ClNO4S/c1-11(12-2-7-15-16(10-12)22-9-8-21-15)18-23(19,20)14-5-3-13(17)4-6-14/h2-7,10-11,18H,8-9H2,1H3/t11-/m0/s1. The predicted octanol–water partition coefficient (Wildman–Crippen LogP) is 3.15. The number of nitrogens with one attached hydrogen (secondary N) is 1. The third-order valence-electron chi connectivity index (χ3n) is 3.52. The first-order chi connectivity index (χ1) is 11.0. The molecule has 2 aromatic rings. The zero-order valence-electron chi connectivity index (χ0n) is 12.5. The normalized spacial score (nSPS) is 15.2. The molecule has 1 atom stereocenters. The molecule has 0 radical (unpaired) electrons. The summed E-state index contributed by atoms with van der Waals surface area (Å²) >= 11 is 5.79. The van der Waals surface area contributed by atoms with Crippen LogP contribution in [0.5, 0.6) is 11.5 Å². The molecule has 0 aromatic heterocycles. The van der Waals surface area contributed by atoms with E-state index in [1.54, 1.807) is 31.2 Å². The van der Waals surface area contributed by atoms with Gasteiger partial charge in [0.2, 0.25) is 10.0 Å². The van der Waals surface area contributed by atoms with Crippen molar-refractivity contribution in [3.8, 4) is 11.5 Å². The number of halogens is 1. The first-order valence-corrected chi connectivity index (χ1v) is 8.99. The van der Waals surface area contributed by atoms with Gasteiger partial charge >= 0.3 is 0 Å². The summed E-state index contributed by atoms with van der Waals surface area (Å²) in [5.41, 5.74) is 0.798. The van der Waals surface area contributed by atoms with Crippen LogP contribution in [0.1, 0.15) is 18.5 Å². The van der Waals surface area contributed by atoms with Crippen molar-refractivity contribution in [3.05, 3.63) is 53.1 Å². The number of benzene rings is 2. The molecule has 0 bridgehead atoms. The molecule has 0 unspecified atom stereocenters. The van der Waals surface area contributed by atoms with Gasteiger partial charge in [-0.05, 0) is 48.9 Å². The van der Waals surface area contributed by atoms with E-state index < -0.39 is 16.1 Å². The van der Waals surface area contributed by atoms with Crippen molar-refractivity contribution >= 4 is 21.6 Å². The van der Waals surface area contributed by atoms with Gasteiger partial charge in [-0.15, -0.1) is 0 Å². The van der Waals surface area contributed by atoms with Gasteiger partial charge in [0.25, 0.3) is 0 Å². The molecule has 23 heavy (non-hydrogen) atoms. The van der Waals surface area contributed by atoms with E-state index in [-0.39, 0.29) is 4.90 Å². The van der Waals surface area contributed by atoms with Crippen LogP contribution in [0, 0.1) is 0 Å². The Kier molecular flexibility index (Phi) is 4.48. The van der Waals surface area contributed by atoms with Gasteiger partial charge in [0.05, 0.1) is 4.90 Å². The smallest absolute Gasteiger partial charge is 0.241 e. The Morgan fingerprint density at radius 3 is 2.39 bits per heavy atom. The monoisotopic (exact) mass is 353 g/mol. The summed E-state index contributed by atoms with van der Waals surface area (Å²) < 4.78 is 38.4. The Morgan fingerprint density at radius 1 is 1.04 bits per heavy atom. The maximum absolute atomic E-state index is 12.4. The molecular formula is C16H16ClNO4S. The highest BCUT2D eigenvalue weighted by Crippen LogP contribution is 2.32. The molecule has 1 aliphatic rings. The lowest BCUT2D eigenvalue weighted by atomic mass is 10.1. The van der Waals surface area contributed by atoms with Crippen molar-refractivity contribution in [3.63, 3.8) is 0 Å². The largest absolute Gasteiger partial charge is 0.486 e. The molecule has 3 rings (SSSR count). The van der Waals surface area contributed by atoms with Crippen molar-refractivity contribution < 1.29 is 17.9 Å². The van der Waals surface area contributed by atoms with Gasteiger partial charge < -0.3 is 9.47 Å². The lowest BCUT2D eigenvalue weighted by Gasteiger charge is -2.21. The fourth-order valence-electron chi connectivity index (χ4n) is 2.31. The van der Waals surface area contributed by atoms with E-state index in [0.717, 1.165) is 5.56 Å². The second-order valence-corrected chi connectivity index (χ2v) is 7.35. The molecule has 7 heteroatoms. The van der Waals surface area contributed by atoms with Crippen LogP contribution in [-0.2, 0) is 10.0 Å². The van der Waals surface area contributed by atoms with Crippen molar-refractivity contribution in [1.82, 2.24) is 4.72 Å². The summed E-state index contributed by atoms with van der Waals surface area (Å²) in [5, 5.41) is 0.490. The van der Waals surface area contributed by atoms with Crippen LogP contribution in [0.3, 0.4) is 0 Å². The summed E-state index contributed by atoms with van der Waals surface area (Å²) in [5.74, 6) is 1.30. The summed E-state index contributed by atoms with van der Waals surface area (Å²) in [7, 11) is -3.63. The number of hydrogen-bond acceptors (Lipinski definition) is 4. The molecule has 0 aliphatic carbocycles. The van der Waals surface area contributed by atoms with Gasteiger partial charge in [0, 0.05) is 11.1 Å². The summed E-state index contributed by atoms with van der Waals surface area (Å²) in [6.45, 7) is 2.78. The van der Waals surface area contributed by atoms with E-state index in [1.165, 1.54) is 12.1 Å². The lowest BCUT2D eigenvalue weighted by Crippen LogP contribution is -2.27. The van der Waals surface area contributed by atoms with Crippen LogP contribution in [-0.4, -0.2) is 21.6 Å². The van der Waals surface area contributed by atoms with Crippen molar-refractivity contribution in [2.75, 3.05) is 13.2 Å². The van der Waals surface area contributed by atoms with Gasteiger partial charge in [-0.2, -0.15) is 0 Å². The minimum absolute atomic E-state index is 0.172. The van der Waals surface area contributed by atoms with Crippen LogP contribution in [0.2, 0.25) is 5.02 Å². The third-order valence-corrected chi connectivity index (χ3v) is 5.33. The first-order valence-electron chi connectivity index (χ1n) is 7.13. The molecule has 0 saturated carbocycles. The van der Waals surface area contributed by atoms with Crippen LogP contribution in [0.25, 0.3) is 0 Å². The van der Waals surface area contributed by atoms with E-state index in [9.17, 15) is 8.42 Å². The predicted molar refractivity (Wildman–Crippen MR) is 87.6 cm³/mol. The number of fused-ring (bicyclic) bond motifs is 1. The van der Waals surface area contributed by atoms with Crippen molar-refractivity contribution in [1.29, 1.82) is 0 Å². The average molecular weight is 354 g/mol. The summed E-state index contributed by atoms with van der Waals surface area (Å²) in [6, 6.07) is 11.0. The number of hydrogen-bond donors (Lipinski definition) is 1. The molecule has 0 saturated heterocycles. The molecule has 2 aromatic carbocycles. The minimum Gasteiger partial charge on any atom is -0.486 e. The summed E-state index contributed by atoms with van der Waals surface area (Å²) in [4.78, 5) is 0.172. The first kappa shape index (κ1) is 16.1. The van der Waals surface area contributed by atoms with E-state index >= 15 is 0 Å². The Labute approximate surface area is 140 Å². The second-order valence-electron chi connectivity index (χ2n) is 5.20. The molecule has 0 spiro atoms. The van der Waals surface area contributed by atoms with E-state index in [0.29, 0.717) is 29.7 Å². The Morgan fingerprint density at radius 2 is 1.70 bits per heavy atom. The van der Waals surface area contributed by atoms with Crippen molar-refractivity contribution in [2.24, 2.45) is 0 Å². The van der Waals surface area contributed by atoms with Crippen LogP contribution < -0.4 is 14.2 Å². The molecule has 1 aliphatic heterocycles. The highest BCUT2D eigenvalue weighted by molar-refractivity contribution is 7.89. The third kappa shape index (κ3) is 3.60. The fraction of sp³-hybridized carbons (Fsp3) is 0.250. The summed E-state index contributed by atoms with van der Waals surface area (Å²) in [6.07, 6.45) is 0. The number of sulfonamides is 1. The van der Waals surface area contributed by atoms with Gasteiger partial charge in [-0.3, -0.25) is 0 Å². The average Bonchev–Trinajstić information content (AvgIpc) is 2.54. The van der Waals surface area contributed by atoms with Gasteiger partial charge in [-0.25, -0.2) is 13.1 Å². The topological polar surface area (TPSA) is 64.6 Å². The van der Waals surface area contributed by atoms with Crippen LogP contribution in [0.15, 0.2) is 47.4 Å². The van der Waals surface area contributed by atoms with Gasteiger partial charge in [-0.1, -0.05) is 17.7 Å². The highest BCUT2D eigenvalue weighted by atomic mass is 35.5. The van der Waals surface area contributed by atoms with Crippen LogP contribution >= 0.6 is 11.6 Å². The SMILES string of the molecule is C[C@H](NS(=O)(=O)c1ccc(Cl)cc1)c1ccc2c(c1)OCCO2.